The number of nitrogens with one attached hydrogen (secondary N) is 3. The van der Waals surface area contributed by atoms with E-state index >= 15 is 0 Å². The van der Waals surface area contributed by atoms with Gasteiger partial charge in [-0.25, -0.2) is 23.4 Å². The van der Waals surface area contributed by atoms with Gasteiger partial charge in [-0.2, -0.15) is 18.4 Å². The second-order valence-electron chi connectivity index (χ2n) is 10.2. The van der Waals surface area contributed by atoms with Gasteiger partial charge in [0.15, 0.2) is 15.9 Å². The Morgan fingerprint density at radius 3 is 1.19 bits per heavy atom. The van der Waals surface area contributed by atoms with E-state index in [0.717, 1.165) is 56.5 Å². The van der Waals surface area contributed by atoms with Gasteiger partial charge in [0.25, 0.3) is 0 Å². The summed E-state index contributed by atoms with van der Waals surface area (Å²) in [7, 11) is -7.17. The molecule has 6 aromatic rings. The molecule has 0 spiro atoms. The Morgan fingerprint density at radius 1 is 0.736 bits per heavy atom. The van der Waals surface area contributed by atoms with E-state index in [1.165, 1.54) is 20.8 Å². The first-order chi connectivity index (χ1) is 24.6. The molecule has 0 bridgehead atoms. The molecule has 3 heterocycles. The van der Waals surface area contributed by atoms with Crippen molar-refractivity contribution in [1.82, 2.24) is 29.9 Å². The van der Waals surface area contributed by atoms with Crippen LogP contribution in [0.2, 0.25) is 0 Å². The molecule has 0 atom stereocenters. The van der Waals surface area contributed by atoms with Gasteiger partial charge in [0.05, 0.1) is 30.3 Å². The second-order valence-corrected chi connectivity index (χ2v) is 13.7. The summed E-state index contributed by atoms with van der Waals surface area (Å²) in [5.74, 6) is 2.13. The van der Waals surface area contributed by atoms with Crippen molar-refractivity contribution in [2.75, 3.05) is 0 Å². The van der Waals surface area contributed by atoms with E-state index < -0.39 is 23.5 Å². The van der Waals surface area contributed by atoms with Crippen LogP contribution in [0.5, 0.6) is 0 Å². The van der Waals surface area contributed by atoms with Crippen molar-refractivity contribution in [3.05, 3.63) is 121 Å². The number of allylic oxidation sites excluding steroid dienone is 2. The molecule has 276 valence electrons. The summed E-state index contributed by atoms with van der Waals surface area (Å²) >= 11 is 0. The number of benzene rings is 3. The van der Waals surface area contributed by atoms with Crippen LogP contribution in [-0.4, -0.2) is 54.2 Å². The van der Waals surface area contributed by atoms with Gasteiger partial charge in [0.2, 0.25) is 0 Å². The quantitative estimate of drug-likeness (QED) is 0.0493. The van der Waals surface area contributed by atoms with Crippen molar-refractivity contribution in [2.24, 2.45) is 0 Å². The molecule has 0 amide bonds. The van der Waals surface area contributed by atoms with Crippen LogP contribution in [0.15, 0.2) is 121 Å². The van der Waals surface area contributed by atoms with E-state index in [0.29, 0.717) is 0 Å². The molecule has 0 aliphatic rings. The van der Waals surface area contributed by atoms with Crippen molar-refractivity contribution >= 4 is 40.1 Å². The summed E-state index contributed by atoms with van der Waals surface area (Å²) in [6.07, 6.45) is 6.98. The van der Waals surface area contributed by atoms with Gasteiger partial charge in [-0.05, 0) is 13.0 Å². The number of ketones is 1. The van der Waals surface area contributed by atoms with Gasteiger partial charge in [0, 0.05) is 42.2 Å². The average molecular weight is 806 g/mol. The molecular formula is C35H31F3FeN7O5PS. The molecule has 0 radical (unpaired) electrons. The molecule has 0 aliphatic heterocycles. The molecule has 0 fully saturated rings. The van der Waals surface area contributed by atoms with Crippen LogP contribution in [0.1, 0.15) is 20.8 Å². The third kappa shape index (κ3) is 13.6. The zero-order valence-electron chi connectivity index (χ0n) is 28.1. The Morgan fingerprint density at radius 2 is 1.00 bits per heavy atom. The number of alkyl halides is 3. The van der Waals surface area contributed by atoms with Gasteiger partial charge in [-0.1, -0.05) is 97.9 Å². The number of aromatic amines is 3. The SMILES string of the molecule is CC#N.CC(=O)/C=C(/C)[O-].O=S(=O)([O-])C(F)(F)F.[Fe+2].c1ccc(-c2nc(P(c3c[nH]c(-c4ccccc4)n3)c3c[nH]c(-c4ccccc4)n3)c[nH]2)cc1. The fourth-order valence-corrected chi connectivity index (χ4v) is 6.03. The van der Waals surface area contributed by atoms with E-state index in [1.54, 1.807) is 6.07 Å². The number of carbonyl (C=O) groups excluding carboxylic acids is 1. The maximum atomic E-state index is 10.7. The Balaban J connectivity index is 0.000000428. The van der Waals surface area contributed by atoms with Crippen molar-refractivity contribution in [1.29, 1.82) is 5.26 Å². The number of rotatable bonds is 7. The van der Waals surface area contributed by atoms with Crippen LogP contribution < -0.4 is 21.4 Å². The molecule has 12 nitrogen and oxygen atoms in total. The smallest absolute Gasteiger partial charge is 0.876 e. The van der Waals surface area contributed by atoms with Crippen molar-refractivity contribution in [3.63, 3.8) is 0 Å². The summed E-state index contributed by atoms with van der Waals surface area (Å²) in [4.78, 5) is 34.9. The molecule has 18 heteroatoms. The molecule has 0 saturated carbocycles. The molecular weight excluding hydrogens is 774 g/mol. The summed E-state index contributed by atoms with van der Waals surface area (Å²) in [5.41, 5.74) is 0.254. The third-order valence-corrected chi connectivity index (χ3v) is 8.84. The number of halogens is 3. The zero-order valence-corrected chi connectivity index (χ0v) is 31.0. The Kier molecular flexibility index (Phi) is 17.0. The summed E-state index contributed by atoms with van der Waals surface area (Å²) < 4.78 is 58.9. The van der Waals surface area contributed by atoms with Crippen molar-refractivity contribution in [2.45, 2.75) is 26.3 Å². The van der Waals surface area contributed by atoms with E-state index in [-0.39, 0.29) is 28.6 Å². The minimum absolute atomic E-state index is 0. The first-order valence-electron chi connectivity index (χ1n) is 15.0. The molecule has 0 saturated heterocycles. The normalized spacial score (nSPS) is 11.0. The summed E-state index contributed by atoms with van der Waals surface area (Å²) in [6, 6.07) is 32.1. The molecule has 6 rings (SSSR count). The number of aromatic nitrogens is 6. The Bertz CT molecular complexity index is 2020. The van der Waals surface area contributed by atoms with Crippen LogP contribution in [0.4, 0.5) is 13.2 Å². The number of imidazole rings is 3. The molecule has 0 unspecified atom stereocenters. The average Bonchev–Trinajstić information content (AvgIpc) is 3.89. The zero-order chi connectivity index (χ0) is 38.3. The largest absolute Gasteiger partial charge is 2.00 e. The topological polar surface area (TPSA) is 207 Å². The van der Waals surface area contributed by atoms with E-state index in [9.17, 15) is 23.1 Å². The van der Waals surface area contributed by atoms with Crippen molar-refractivity contribution < 1.29 is 53.1 Å². The van der Waals surface area contributed by atoms with Crippen LogP contribution in [0, 0.1) is 11.3 Å². The number of nitrogens with zero attached hydrogens (tertiary/aromatic N) is 4. The minimum Gasteiger partial charge on any atom is -0.876 e. The summed E-state index contributed by atoms with van der Waals surface area (Å²) in [5, 5.41) is 17.3. The minimum atomic E-state index is -6.09. The summed E-state index contributed by atoms with van der Waals surface area (Å²) in [6.45, 7) is 4.13. The van der Waals surface area contributed by atoms with Crippen LogP contribution in [0.3, 0.4) is 0 Å². The standard InChI is InChI=1S/C27H21N6P.C5H8O2.C2H3N.CHF3O3S.Fe/c1-4-10-19(11-5-1)25-28-16-22(31-25)34(23-17-29-26(32-23)20-12-6-2-7-13-20)24-18-30-27(33-24)21-14-8-3-9-15-21;1-4(6)3-5(2)7;1-2-3;2-1(3,4)8(5,6)7;/h1-18H,(H,28,31)(H,29,32)(H,30,33);3,6H,1-2H3;1H3;(H,5,6,7);/q;;;;+2/p-2/b;4-3-;;;. The first kappa shape index (κ1) is 43.8. The first-order valence-corrected chi connectivity index (χ1v) is 17.7. The predicted molar refractivity (Wildman–Crippen MR) is 189 cm³/mol. The monoisotopic (exact) mass is 805 g/mol. The van der Waals surface area contributed by atoms with E-state index in [1.807, 2.05) is 73.2 Å². The van der Waals surface area contributed by atoms with Gasteiger partial charge < -0.3 is 24.6 Å². The Labute approximate surface area is 315 Å². The molecule has 0 aliphatic carbocycles. The van der Waals surface area contributed by atoms with Gasteiger partial charge in [-0.3, -0.25) is 4.79 Å². The molecule has 53 heavy (non-hydrogen) atoms. The maximum Gasteiger partial charge on any atom is 2.00 e. The second kappa shape index (κ2) is 20.6. The van der Waals surface area contributed by atoms with Gasteiger partial charge in [0.1, 0.15) is 17.5 Å². The number of H-pyrrole nitrogens is 3. The molecule has 3 aromatic heterocycles. The van der Waals surface area contributed by atoms with E-state index in [2.05, 4.69) is 51.4 Å². The van der Waals surface area contributed by atoms with Crippen LogP contribution in [-0.2, 0) is 32.0 Å². The number of hydrogen-bond acceptors (Lipinski definition) is 9. The fourth-order valence-electron chi connectivity index (χ4n) is 4.15. The number of carbonyl (C=O) groups is 1. The van der Waals surface area contributed by atoms with Crippen LogP contribution in [0.25, 0.3) is 34.2 Å². The van der Waals surface area contributed by atoms with Gasteiger partial charge >= 0.3 is 22.6 Å². The van der Waals surface area contributed by atoms with Gasteiger partial charge in [-0.15, -0.1) is 5.76 Å². The third-order valence-electron chi connectivity index (χ3n) is 6.21. The number of hydrogen-bond donors (Lipinski definition) is 3. The number of nitriles is 1. The van der Waals surface area contributed by atoms with Crippen molar-refractivity contribution in [3.8, 4) is 40.2 Å². The fraction of sp³-hybridized carbons (Fsp3) is 0.114. The van der Waals surface area contributed by atoms with Crippen LogP contribution >= 0.6 is 7.92 Å². The molecule has 3 aromatic carbocycles. The van der Waals surface area contributed by atoms with E-state index in [4.69, 9.17) is 33.2 Å². The Hall–Kier alpha value is -5.36. The molecule has 3 N–H and O–H groups in total. The predicted octanol–water partition coefficient (Wildman–Crippen LogP) is 5.03. The maximum absolute atomic E-state index is 10.7.